The molecule has 8 bridgehead atoms. The first-order valence-corrected chi connectivity index (χ1v) is 17.7. The van der Waals surface area contributed by atoms with Crippen LogP contribution in [0.3, 0.4) is 0 Å². The molecule has 6 heterocycles. The molecule has 3 aromatic carbocycles. The number of hydrogen-bond donors (Lipinski definition) is 2. The summed E-state index contributed by atoms with van der Waals surface area (Å²) in [4.78, 5) is 19.3. The van der Waals surface area contributed by atoms with Gasteiger partial charge in [0.2, 0.25) is 0 Å². The molecule has 4 aromatic heterocycles. The van der Waals surface area contributed by atoms with Gasteiger partial charge in [-0.15, -0.1) is 22.7 Å². The second-order valence-corrected chi connectivity index (χ2v) is 14.7. The van der Waals surface area contributed by atoms with E-state index < -0.39 is 0 Å². The fourth-order valence-corrected chi connectivity index (χ4v) is 8.71. The Balaban J connectivity index is 1.49. The van der Waals surface area contributed by atoms with Gasteiger partial charge in [-0.2, -0.15) is 0 Å². The predicted molar refractivity (Wildman–Crippen MR) is 207 cm³/mol. The summed E-state index contributed by atoms with van der Waals surface area (Å²) in [5, 5.41) is 2.14. The largest absolute Gasteiger partial charge is 0.354 e. The van der Waals surface area contributed by atoms with Crippen LogP contribution in [-0.4, -0.2) is 19.9 Å². The molecular formula is C41H26N4S3. The monoisotopic (exact) mass is 670 g/mol. The summed E-state index contributed by atoms with van der Waals surface area (Å²) < 4.78 is 0.883. The highest BCUT2D eigenvalue weighted by molar-refractivity contribution is 7.76. The lowest BCUT2D eigenvalue weighted by molar-refractivity contribution is 1.31. The topological polar surface area (TPSA) is 57.4 Å². The minimum absolute atomic E-state index is 0.883. The lowest BCUT2D eigenvalue weighted by Crippen LogP contribution is -1.89. The van der Waals surface area contributed by atoms with Crippen molar-refractivity contribution < 1.29 is 0 Å². The maximum atomic E-state index is 5.61. The van der Waals surface area contributed by atoms with Gasteiger partial charge in [0.1, 0.15) is 3.14 Å². The van der Waals surface area contributed by atoms with E-state index in [1.807, 2.05) is 18.2 Å². The van der Waals surface area contributed by atoms with E-state index in [0.717, 1.165) is 91.8 Å². The molecule has 7 aromatic rings. The van der Waals surface area contributed by atoms with Crippen molar-refractivity contribution in [3.63, 3.8) is 0 Å². The van der Waals surface area contributed by atoms with Crippen molar-refractivity contribution in [2.45, 2.75) is 0 Å². The maximum Gasteiger partial charge on any atom is 0.144 e. The van der Waals surface area contributed by atoms with Crippen molar-refractivity contribution in [1.29, 1.82) is 0 Å². The van der Waals surface area contributed by atoms with Crippen molar-refractivity contribution in [1.82, 2.24) is 19.9 Å². The number of aromatic amines is 2. The van der Waals surface area contributed by atoms with Gasteiger partial charge in [0, 0.05) is 49.7 Å². The lowest BCUT2D eigenvalue weighted by Gasteiger charge is -2.06. The molecule has 0 atom stereocenters. The van der Waals surface area contributed by atoms with Gasteiger partial charge in [0.05, 0.1) is 27.7 Å². The van der Waals surface area contributed by atoms with E-state index in [-0.39, 0.29) is 0 Å². The lowest BCUT2D eigenvalue weighted by atomic mass is 10.0. The van der Waals surface area contributed by atoms with Gasteiger partial charge in [0.25, 0.3) is 0 Å². The Morgan fingerprint density at radius 2 is 0.792 bits per heavy atom. The van der Waals surface area contributed by atoms with Gasteiger partial charge in [-0.3, -0.25) is 0 Å². The molecule has 48 heavy (non-hydrogen) atoms. The maximum absolute atomic E-state index is 5.61. The summed E-state index contributed by atoms with van der Waals surface area (Å²) in [6.45, 7) is 0. The van der Waals surface area contributed by atoms with E-state index in [1.54, 1.807) is 22.7 Å². The Labute approximate surface area is 290 Å². The number of aromatic nitrogens is 4. The molecule has 228 valence electrons. The molecule has 0 fully saturated rings. The highest BCUT2D eigenvalue weighted by Gasteiger charge is 2.19. The molecule has 0 aliphatic carbocycles. The zero-order valence-electron chi connectivity index (χ0n) is 25.5. The summed E-state index contributed by atoms with van der Waals surface area (Å²) in [5.74, 6) is 0. The van der Waals surface area contributed by atoms with Crippen molar-refractivity contribution >= 4 is 81.3 Å². The van der Waals surface area contributed by atoms with Crippen molar-refractivity contribution in [2.75, 3.05) is 0 Å². The average Bonchev–Trinajstić information content (AvgIpc) is 3.98. The smallest absolute Gasteiger partial charge is 0.144 e. The Hall–Kier alpha value is -5.47. The fraction of sp³-hybridized carbons (Fsp3) is 0. The third-order valence-electron chi connectivity index (χ3n) is 8.64. The summed E-state index contributed by atoms with van der Waals surface area (Å²) in [5.41, 5.74) is 14.9. The van der Waals surface area contributed by atoms with Crippen molar-refractivity contribution in [3.05, 3.63) is 147 Å². The second kappa shape index (κ2) is 12.0. The standard InChI is InChI=1S/C41H26N4S3/c46-41-47-24-36(48-41)40-34-22-20-32(44-34)38(26-12-6-2-7-13-26)30-18-16-28(42-30)37(25-10-4-1-5-11-25)29-17-19-31(43-29)39(27-14-8-3-9-15-27)33-21-23-35(40)45-33/h1-24,42,45H. The molecule has 9 rings (SSSR count). The van der Waals surface area contributed by atoms with E-state index in [9.17, 15) is 0 Å². The summed E-state index contributed by atoms with van der Waals surface area (Å²) >= 11 is 8.82. The zero-order chi connectivity index (χ0) is 32.0. The van der Waals surface area contributed by atoms with Crippen LogP contribution in [0.4, 0.5) is 0 Å². The molecule has 2 aliphatic rings. The normalized spacial score (nSPS) is 12.1. The predicted octanol–water partition coefficient (Wildman–Crippen LogP) is 12.2. The van der Waals surface area contributed by atoms with Crippen molar-refractivity contribution in [3.8, 4) is 43.8 Å². The third-order valence-corrected chi connectivity index (χ3v) is 11.1. The number of nitrogens with zero attached hydrogens (tertiary/aromatic N) is 2. The molecule has 0 radical (unpaired) electrons. The molecule has 0 amide bonds. The Kier molecular flexibility index (Phi) is 7.16. The summed E-state index contributed by atoms with van der Waals surface area (Å²) in [7, 11) is 0. The van der Waals surface area contributed by atoms with Gasteiger partial charge in [0.15, 0.2) is 0 Å². The first-order valence-electron chi connectivity index (χ1n) is 15.6. The van der Waals surface area contributed by atoms with Crippen LogP contribution in [0, 0.1) is 3.14 Å². The number of nitrogens with one attached hydrogen (secondary N) is 2. The number of H-pyrrole nitrogens is 2. The highest BCUT2D eigenvalue weighted by atomic mass is 32.2. The highest BCUT2D eigenvalue weighted by Crippen LogP contribution is 2.39. The molecule has 0 saturated carbocycles. The van der Waals surface area contributed by atoms with E-state index in [4.69, 9.17) is 22.2 Å². The van der Waals surface area contributed by atoms with Gasteiger partial charge >= 0.3 is 0 Å². The second-order valence-electron chi connectivity index (χ2n) is 11.6. The first kappa shape index (κ1) is 28.7. The Bertz CT molecular complexity index is 2590. The van der Waals surface area contributed by atoms with Crippen LogP contribution < -0.4 is 0 Å². The van der Waals surface area contributed by atoms with Gasteiger partial charge in [-0.1, -0.05) is 103 Å². The SMILES string of the molecule is S=c1scc(-c2c3nc(c(-c4ccccc4)c4ccc([nH]4)c(-c4ccccc4)c4nc(c(-c5ccccc5)c5ccc2[nH]5)C=C4)C=C3)s1. The number of hydrogen-bond acceptors (Lipinski definition) is 5. The zero-order valence-corrected chi connectivity index (χ0v) is 27.9. The molecular weight excluding hydrogens is 645 g/mol. The van der Waals surface area contributed by atoms with Crippen LogP contribution in [0.2, 0.25) is 0 Å². The van der Waals surface area contributed by atoms with Gasteiger partial charge < -0.3 is 9.97 Å². The average molecular weight is 671 g/mol. The van der Waals surface area contributed by atoms with E-state index in [0.29, 0.717) is 0 Å². The number of benzene rings is 3. The van der Waals surface area contributed by atoms with Gasteiger partial charge in [-0.05, 0) is 65.3 Å². The molecule has 2 N–H and O–H groups in total. The molecule has 0 unspecified atom stereocenters. The van der Waals surface area contributed by atoms with Crippen LogP contribution >= 0.6 is 34.9 Å². The van der Waals surface area contributed by atoms with Crippen LogP contribution in [-0.2, 0) is 0 Å². The first-order chi connectivity index (χ1) is 23.7. The van der Waals surface area contributed by atoms with Crippen LogP contribution in [0.15, 0.2) is 121 Å². The van der Waals surface area contributed by atoms with Crippen LogP contribution in [0.25, 0.3) is 90.2 Å². The molecule has 2 aliphatic heterocycles. The minimum atomic E-state index is 0.883. The van der Waals surface area contributed by atoms with Gasteiger partial charge in [-0.25, -0.2) is 9.97 Å². The Morgan fingerprint density at radius 3 is 1.15 bits per heavy atom. The number of fused-ring (bicyclic) bond motifs is 8. The van der Waals surface area contributed by atoms with E-state index >= 15 is 0 Å². The van der Waals surface area contributed by atoms with Crippen molar-refractivity contribution in [2.24, 2.45) is 0 Å². The molecule has 7 heteroatoms. The van der Waals surface area contributed by atoms with E-state index in [1.165, 1.54) is 0 Å². The minimum Gasteiger partial charge on any atom is -0.354 e. The van der Waals surface area contributed by atoms with Crippen LogP contribution in [0.5, 0.6) is 0 Å². The van der Waals surface area contributed by atoms with E-state index in [2.05, 4.69) is 137 Å². The molecule has 4 nitrogen and oxygen atoms in total. The molecule has 0 saturated heterocycles. The number of rotatable bonds is 4. The molecule has 0 spiro atoms. The third kappa shape index (κ3) is 5.09. The fourth-order valence-electron chi connectivity index (χ4n) is 6.54. The Morgan fingerprint density at radius 1 is 0.438 bits per heavy atom. The summed E-state index contributed by atoms with van der Waals surface area (Å²) in [6, 6.07) is 40.0. The van der Waals surface area contributed by atoms with Crippen LogP contribution in [0.1, 0.15) is 22.8 Å². The summed E-state index contributed by atoms with van der Waals surface area (Å²) in [6.07, 6.45) is 8.51. The quantitative estimate of drug-likeness (QED) is 0.183.